The second kappa shape index (κ2) is 11.6. The third-order valence-electron chi connectivity index (χ3n) is 6.95. The van der Waals surface area contributed by atoms with Gasteiger partial charge in [-0.1, -0.05) is 42.5 Å². The van der Waals surface area contributed by atoms with E-state index >= 15 is 0 Å². The Morgan fingerprint density at radius 2 is 1.69 bits per heavy atom. The molecule has 1 aromatic heterocycles. The number of hydrogen-bond acceptors (Lipinski definition) is 6. The van der Waals surface area contributed by atoms with Gasteiger partial charge in [-0.2, -0.15) is 0 Å². The molecule has 7 nitrogen and oxygen atoms in total. The SMILES string of the molecule is O=C(Cc1ccc2c(c1)OCO2)N1CCOCCOc2ccc(-c3cccnc3)cc2Cc2cccc(c2)C1. The minimum absolute atomic E-state index is 0.0395. The summed E-state index contributed by atoms with van der Waals surface area (Å²) in [6, 6.07) is 24.4. The van der Waals surface area contributed by atoms with E-state index in [4.69, 9.17) is 18.9 Å². The Morgan fingerprint density at radius 3 is 2.62 bits per heavy atom. The lowest BCUT2D eigenvalue weighted by molar-refractivity contribution is -0.131. The van der Waals surface area contributed by atoms with Gasteiger partial charge in [-0.25, -0.2) is 0 Å². The van der Waals surface area contributed by atoms with Gasteiger partial charge in [-0.3, -0.25) is 9.78 Å². The molecule has 4 aromatic rings. The van der Waals surface area contributed by atoms with Crippen LogP contribution in [0.5, 0.6) is 17.2 Å². The summed E-state index contributed by atoms with van der Waals surface area (Å²) in [4.78, 5) is 19.5. The number of nitrogens with zero attached hydrogens (tertiary/aromatic N) is 2. The van der Waals surface area contributed by atoms with Gasteiger partial charge in [0.2, 0.25) is 12.7 Å². The maximum absolute atomic E-state index is 13.4. The van der Waals surface area contributed by atoms with Crippen LogP contribution in [0.2, 0.25) is 0 Å². The number of benzene rings is 3. The molecule has 0 aliphatic carbocycles. The predicted molar refractivity (Wildman–Crippen MR) is 147 cm³/mol. The van der Waals surface area contributed by atoms with Crippen LogP contribution in [-0.4, -0.2) is 48.9 Å². The Labute approximate surface area is 227 Å². The average molecular weight is 523 g/mol. The number of carbonyl (C=O) groups excluding carboxylic acids is 1. The van der Waals surface area contributed by atoms with E-state index in [9.17, 15) is 4.79 Å². The van der Waals surface area contributed by atoms with Crippen molar-refractivity contribution in [3.8, 4) is 28.4 Å². The number of pyridine rings is 1. The van der Waals surface area contributed by atoms with E-state index in [2.05, 4.69) is 47.4 Å². The van der Waals surface area contributed by atoms with Crippen molar-refractivity contribution in [3.05, 3.63) is 107 Å². The molecule has 6 rings (SSSR count). The number of aromatic nitrogens is 1. The maximum Gasteiger partial charge on any atom is 0.231 e. The molecule has 2 aliphatic rings. The van der Waals surface area contributed by atoms with Crippen LogP contribution in [0.25, 0.3) is 11.1 Å². The lowest BCUT2D eigenvalue weighted by Crippen LogP contribution is -2.35. The van der Waals surface area contributed by atoms with Gasteiger partial charge in [0.05, 0.1) is 19.6 Å². The van der Waals surface area contributed by atoms with Crippen LogP contribution in [0.3, 0.4) is 0 Å². The summed E-state index contributed by atoms with van der Waals surface area (Å²) < 4.78 is 22.9. The number of carbonyl (C=O) groups is 1. The first kappa shape index (κ1) is 24.9. The average Bonchev–Trinajstić information content (AvgIpc) is 3.43. The molecule has 2 bridgehead atoms. The van der Waals surface area contributed by atoms with Crippen LogP contribution in [-0.2, 0) is 28.9 Å². The molecule has 1 amide bonds. The molecule has 0 saturated heterocycles. The zero-order valence-electron chi connectivity index (χ0n) is 21.7. The van der Waals surface area contributed by atoms with Crippen LogP contribution in [0.1, 0.15) is 22.3 Å². The van der Waals surface area contributed by atoms with Gasteiger partial charge in [0.25, 0.3) is 0 Å². The summed E-state index contributed by atoms with van der Waals surface area (Å²) in [5.74, 6) is 2.29. The molecule has 0 radical (unpaired) electrons. The van der Waals surface area contributed by atoms with Gasteiger partial charge in [0, 0.05) is 37.5 Å². The first-order valence-electron chi connectivity index (χ1n) is 13.2. The molecule has 0 atom stereocenters. The molecule has 198 valence electrons. The Hall–Kier alpha value is -4.36. The van der Waals surface area contributed by atoms with Crippen molar-refractivity contribution in [1.82, 2.24) is 9.88 Å². The van der Waals surface area contributed by atoms with Crippen molar-refractivity contribution in [2.75, 3.05) is 33.2 Å². The molecule has 2 aliphatic heterocycles. The first-order chi connectivity index (χ1) is 19.2. The van der Waals surface area contributed by atoms with E-state index in [0.29, 0.717) is 50.8 Å². The molecule has 0 spiro atoms. The maximum atomic E-state index is 13.4. The molecule has 0 saturated carbocycles. The number of hydrogen-bond donors (Lipinski definition) is 0. The summed E-state index contributed by atoms with van der Waals surface area (Å²) in [5.41, 5.74) is 6.40. The monoisotopic (exact) mass is 522 g/mol. The quantitative estimate of drug-likeness (QED) is 0.375. The molecule has 0 N–H and O–H groups in total. The highest BCUT2D eigenvalue weighted by Crippen LogP contribution is 2.33. The van der Waals surface area contributed by atoms with Gasteiger partial charge in [0.1, 0.15) is 12.4 Å². The topological polar surface area (TPSA) is 70.1 Å². The lowest BCUT2D eigenvalue weighted by atomic mass is 9.98. The highest BCUT2D eigenvalue weighted by molar-refractivity contribution is 5.79. The van der Waals surface area contributed by atoms with Gasteiger partial charge in [0.15, 0.2) is 11.5 Å². The highest BCUT2D eigenvalue weighted by Gasteiger charge is 2.19. The second-order valence-electron chi connectivity index (χ2n) is 9.70. The summed E-state index contributed by atoms with van der Waals surface area (Å²) >= 11 is 0. The third kappa shape index (κ3) is 6.04. The summed E-state index contributed by atoms with van der Waals surface area (Å²) in [6.07, 6.45) is 4.64. The molecular weight excluding hydrogens is 492 g/mol. The van der Waals surface area contributed by atoms with E-state index in [1.54, 1.807) is 6.20 Å². The Bertz CT molecular complexity index is 1460. The summed E-state index contributed by atoms with van der Waals surface area (Å²) in [6.45, 7) is 2.54. The van der Waals surface area contributed by atoms with E-state index in [-0.39, 0.29) is 19.1 Å². The summed E-state index contributed by atoms with van der Waals surface area (Å²) in [7, 11) is 0. The molecule has 7 heteroatoms. The summed E-state index contributed by atoms with van der Waals surface area (Å²) in [5, 5.41) is 0. The zero-order valence-corrected chi connectivity index (χ0v) is 21.7. The molecule has 3 heterocycles. The normalized spacial score (nSPS) is 15.1. The van der Waals surface area contributed by atoms with Gasteiger partial charge >= 0.3 is 0 Å². The van der Waals surface area contributed by atoms with Gasteiger partial charge in [-0.05, 0) is 58.1 Å². The van der Waals surface area contributed by atoms with Crippen LogP contribution in [0.15, 0.2) is 85.2 Å². The Balaban J connectivity index is 1.24. The van der Waals surface area contributed by atoms with Crippen molar-refractivity contribution in [1.29, 1.82) is 0 Å². The molecular formula is C32H30N2O5. The Morgan fingerprint density at radius 1 is 0.795 bits per heavy atom. The fourth-order valence-corrected chi connectivity index (χ4v) is 4.97. The van der Waals surface area contributed by atoms with Crippen molar-refractivity contribution in [2.45, 2.75) is 19.4 Å². The van der Waals surface area contributed by atoms with E-state index in [0.717, 1.165) is 39.1 Å². The number of rotatable bonds is 3. The number of fused-ring (bicyclic) bond motifs is 4. The molecule has 3 aromatic carbocycles. The zero-order chi connectivity index (χ0) is 26.4. The van der Waals surface area contributed by atoms with Crippen LogP contribution < -0.4 is 14.2 Å². The smallest absolute Gasteiger partial charge is 0.231 e. The first-order valence-corrected chi connectivity index (χ1v) is 13.2. The highest BCUT2D eigenvalue weighted by atomic mass is 16.7. The minimum Gasteiger partial charge on any atom is -0.491 e. The fraction of sp³-hybridized carbons (Fsp3) is 0.250. The number of ether oxygens (including phenoxy) is 4. The largest absolute Gasteiger partial charge is 0.491 e. The van der Waals surface area contributed by atoms with Crippen molar-refractivity contribution in [2.24, 2.45) is 0 Å². The van der Waals surface area contributed by atoms with Gasteiger partial charge < -0.3 is 23.8 Å². The van der Waals surface area contributed by atoms with Crippen molar-refractivity contribution >= 4 is 5.91 Å². The van der Waals surface area contributed by atoms with E-state index in [1.807, 2.05) is 41.4 Å². The van der Waals surface area contributed by atoms with Crippen molar-refractivity contribution in [3.63, 3.8) is 0 Å². The molecule has 0 unspecified atom stereocenters. The van der Waals surface area contributed by atoms with Crippen LogP contribution in [0, 0.1) is 0 Å². The second-order valence-corrected chi connectivity index (χ2v) is 9.70. The fourth-order valence-electron chi connectivity index (χ4n) is 4.97. The lowest BCUT2D eigenvalue weighted by Gasteiger charge is -2.24. The van der Waals surface area contributed by atoms with Crippen LogP contribution >= 0.6 is 0 Å². The Kier molecular flexibility index (Phi) is 7.41. The molecule has 0 fully saturated rings. The van der Waals surface area contributed by atoms with Gasteiger partial charge in [-0.15, -0.1) is 0 Å². The van der Waals surface area contributed by atoms with E-state index in [1.165, 1.54) is 0 Å². The predicted octanol–water partition coefficient (Wildman–Crippen LogP) is 5.05. The standard InChI is InChI=1S/C32H30N2O5/c35-32(18-24-6-8-30-31(17-24)39-22-38-30)34-11-12-36-13-14-37-29-9-7-26(27-5-2-10-33-20-27)19-28(29)16-23-3-1-4-25(15-23)21-34/h1-10,15,17,19-20H,11-14,16,18,21-22H2. The minimum atomic E-state index is 0.0395. The van der Waals surface area contributed by atoms with Crippen LogP contribution in [0.4, 0.5) is 0 Å². The number of amides is 1. The molecule has 39 heavy (non-hydrogen) atoms. The van der Waals surface area contributed by atoms with Crippen molar-refractivity contribution < 1.29 is 23.7 Å². The van der Waals surface area contributed by atoms with E-state index < -0.39 is 0 Å². The third-order valence-corrected chi connectivity index (χ3v) is 6.95.